The van der Waals surface area contributed by atoms with Gasteiger partial charge in [0.25, 0.3) is 0 Å². The molecule has 3 N–H and O–H groups in total. The van der Waals surface area contributed by atoms with Gasteiger partial charge in [-0.25, -0.2) is 9.13 Å². The molecule has 0 saturated heterocycles. The number of hydrogen-bond acceptors (Lipinski definition) is 15. The summed E-state index contributed by atoms with van der Waals surface area (Å²) in [6.45, 7) is 12.0. The number of phosphoric ester groups is 2. The first kappa shape index (κ1) is 105. The van der Waals surface area contributed by atoms with Crippen LogP contribution in [0.5, 0.6) is 0 Å². The number of esters is 4. The average molecular weight is 1560 g/mol. The van der Waals surface area contributed by atoms with Crippen LogP contribution < -0.4 is 0 Å². The second-order valence-electron chi connectivity index (χ2n) is 33.1. The highest BCUT2D eigenvalue weighted by atomic mass is 31.2. The molecule has 0 aromatic rings. The normalized spacial score (nSPS) is 13.8. The van der Waals surface area contributed by atoms with Crippen molar-refractivity contribution in [3.63, 3.8) is 0 Å². The predicted molar refractivity (Wildman–Crippen MR) is 441 cm³/mol. The SMILES string of the molecule is CCCCCCCCCCCCCCCCCCCCC(=O)OC[C@H](COP(=O)(O)OC[C@@H](O)COP(=O)(O)OC[C@@H](COC(=O)CCCCCCCCCCC(C)C)OC(=O)CCCCCCCCCCCCCCCCC(C)C)OC(=O)CCCCCCCCCCCCCCCCCCCCC(C)C. The molecule has 19 heteroatoms. The van der Waals surface area contributed by atoms with E-state index in [1.807, 2.05) is 0 Å². The summed E-state index contributed by atoms with van der Waals surface area (Å²) in [4.78, 5) is 73.3. The summed E-state index contributed by atoms with van der Waals surface area (Å²) in [7, 11) is -9.93. The summed E-state index contributed by atoms with van der Waals surface area (Å²) in [5, 5.41) is 10.7. The third-order valence-electron chi connectivity index (χ3n) is 20.6. The second kappa shape index (κ2) is 78.0. The molecule has 0 amide bonds. The van der Waals surface area contributed by atoms with E-state index < -0.39 is 97.5 Å². The van der Waals surface area contributed by atoms with Crippen molar-refractivity contribution < 1.29 is 80.2 Å². The van der Waals surface area contributed by atoms with E-state index in [0.717, 1.165) is 108 Å². The van der Waals surface area contributed by atoms with Crippen LogP contribution >= 0.6 is 15.6 Å². The van der Waals surface area contributed by atoms with Gasteiger partial charge in [-0.05, 0) is 43.4 Å². The molecule has 0 spiro atoms. The number of unbranched alkanes of at least 4 members (excludes halogenated alkanes) is 54. The molecule has 0 aliphatic rings. The highest BCUT2D eigenvalue weighted by molar-refractivity contribution is 7.47. The molecule has 636 valence electrons. The van der Waals surface area contributed by atoms with Gasteiger partial charge < -0.3 is 33.8 Å². The molecule has 107 heavy (non-hydrogen) atoms. The van der Waals surface area contributed by atoms with Crippen LogP contribution in [0.25, 0.3) is 0 Å². The number of rotatable bonds is 86. The van der Waals surface area contributed by atoms with Crippen molar-refractivity contribution in [2.75, 3.05) is 39.6 Å². The minimum absolute atomic E-state index is 0.107. The molecule has 0 saturated carbocycles. The maximum Gasteiger partial charge on any atom is 0.472 e. The van der Waals surface area contributed by atoms with Crippen molar-refractivity contribution in [3.05, 3.63) is 0 Å². The van der Waals surface area contributed by atoms with Crippen molar-refractivity contribution >= 4 is 39.5 Å². The molecule has 2 unspecified atom stereocenters. The van der Waals surface area contributed by atoms with Crippen LogP contribution in [-0.2, 0) is 65.4 Å². The van der Waals surface area contributed by atoms with Gasteiger partial charge in [-0.2, -0.15) is 0 Å². The van der Waals surface area contributed by atoms with Crippen LogP contribution in [0.1, 0.15) is 466 Å². The standard InChI is InChI=1S/C88H172O17P2/c1-8-9-10-11-12-13-14-15-16-17-21-24-30-35-40-48-55-62-69-85(90)98-75-83(104-87(92)71-64-57-50-41-36-31-25-22-19-18-20-23-28-33-38-45-52-59-66-79(2)3)77-102-106(94,95)100-73-82(89)74-101-107(96,97)103-78-84(76-99-86(91)70-63-56-49-44-43-47-54-61-68-81(6)7)105-88(93)72-65-58-51-42-37-32-27-26-29-34-39-46-53-60-67-80(4)5/h79-84,89H,8-78H2,1-7H3,(H,94,95)(H,96,97)/t82-,83-,84-/m1/s1. The number of carbonyl (C=O) groups is 4. The molecule has 0 aromatic carbocycles. The lowest BCUT2D eigenvalue weighted by Crippen LogP contribution is -2.30. The first-order valence-electron chi connectivity index (χ1n) is 45.3. The molecule has 0 radical (unpaired) electrons. The molecule has 17 nitrogen and oxygen atoms in total. The van der Waals surface area contributed by atoms with E-state index in [0.29, 0.717) is 25.7 Å². The number of hydrogen-bond donors (Lipinski definition) is 3. The third kappa shape index (κ3) is 81.9. The maximum atomic E-state index is 13.2. The molecular formula is C88H172O17P2. The first-order chi connectivity index (χ1) is 51.7. The first-order valence-corrected chi connectivity index (χ1v) is 48.3. The van der Waals surface area contributed by atoms with Gasteiger partial charge in [0.05, 0.1) is 26.4 Å². The Morgan fingerprint density at radius 3 is 0.636 bits per heavy atom. The predicted octanol–water partition coefficient (Wildman–Crippen LogP) is 26.9. The smallest absolute Gasteiger partial charge is 0.462 e. The van der Waals surface area contributed by atoms with Gasteiger partial charge in [0.15, 0.2) is 12.2 Å². The zero-order valence-electron chi connectivity index (χ0n) is 70.6. The van der Waals surface area contributed by atoms with E-state index >= 15 is 0 Å². The van der Waals surface area contributed by atoms with Gasteiger partial charge in [0, 0.05) is 25.7 Å². The molecule has 0 bridgehead atoms. The zero-order chi connectivity index (χ0) is 78.6. The summed E-state index contributed by atoms with van der Waals surface area (Å²) in [5.41, 5.74) is 0. The molecule has 5 atom stereocenters. The lowest BCUT2D eigenvalue weighted by Gasteiger charge is -2.21. The average Bonchev–Trinajstić information content (AvgIpc) is 0.904. The molecule has 0 aliphatic carbocycles. The number of aliphatic hydroxyl groups excluding tert-OH is 1. The summed E-state index contributed by atoms with van der Waals surface area (Å²) < 4.78 is 69.0. The van der Waals surface area contributed by atoms with Gasteiger partial charge in [-0.15, -0.1) is 0 Å². The Labute approximate surface area is 658 Å². The number of aliphatic hydroxyl groups is 1. The highest BCUT2D eigenvalue weighted by Gasteiger charge is 2.31. The fourth-order valence-electron chi connectivity index (χ4n) is 13.7. The molecular weight excluding hydrogens is 1390 g/mol. The molecule has 0 rings (SSSR count). The minimum atomic E-state index is -4.97. The van der Waals surface area contributed by atoms with Gasteiger partial charge in [-0.3, -0.25) is 37.3 Å². The van der Waals surface area contributed by atoms with Gasteiger partial charge in [0.2, 0.25) is 0 Å². The van der Waals surface area contributed by atoms with Crippen LogP contribution in [0.2, 0.25) is 0 Å². The Morgan fingerprint density at radius 2 is 0.430 bits per heavy atom. The lowest BCUT2D eigenvalue weighted by atomic mass is 10.0. The van der Waals surface area contributed by atoms with Gasteiger partial charge >= 0.3 is 39.5 Å². The Bertz CT molecular complexity index is 2060. The molecule has 0 aromatic heterocycles. The number of carbonyl (C=O) groups excluding carboxylic acids is 4. The number of ether oxygens (including phenoxy) is 4. The quantitative estimate of drug-likeness (QED) is 0.0222. The largest absolute Gasteiger partial charge is 0.472 e. The van der Waals surface area contributed by atoms with E-state index in [1.54, 1.807) is 0 Å². The molecule has 0 aliphatic heterocycles. The van der Waals surface area contributed by atoms with Crippen LogP contribution in [0.15, 0.2) is 0 Å². The Morgan fingerprint density at radius 1 is 0.252 bits per heavy atom. The van der Waals surface area contributed by atoms with Gasteiger partial charge in [-0.1, -0.05) is 414 Å². The fourth-order valence-corrected chi connectivity index (χ4v) is 15.3. The molecule has 0 heterocycles. The Balaban J connectivity index is 5.24. The molecule has 0 fully saturated rings. The zero-order valence-corrected chi connectivity index (χ0v) is 72.4. The summed E-state index contributed by atoms with van der Waals surface area (Å²) in [6, 6.07) is 0. The Hall–Kier alpha value is -1.94. The van der Waals surface area contributed by atoms with E-state index in [4.69, 9.17) is 37.0 Å². The van der Waals surface area contributed by atoms with E-state index in [1.165, 1.54) is 276 Å². The van der Waals surface area contributed by atoms with Crippen LogP contribution in [-0.4, -0.2) is 96.7 Å². The monoisotopic (exact) mass is 1560 g/mol. The van der Waals surface area contributed by atoms with Crippen molar-refractivity contribution in [2.24, 2.45) is 17.8 Å². The van der Waals surface area contributed by atoms with E-state index in [9.17, 15) is 43.2 Å². The van der Waals surface area contributed by atoms with Crippen molar-refractivity contribution in [2.45, 2.75) is 484 Å². The summed E-state index contributed by atoms with van der Waals surface area (Å²) >= 11 is 0. The second-order valence-corrected chi connectivity index (χ2v) is 36.0. The topological polar surface area (TPSA) is 237 Å². The highest BCUT2D eigenvalue weighted by Crippen LogP contribution is 2.45. The number of phosphoric acid groups is 2. The van der Waals surface area contributed by atoms with Crippen molar-refractivity contribution in [3.8, 4) is 0 Å². The third-order valence-corrected chi connectivity index (χ3v) is 22.5. The summed E-state index contributed by atoms with van der Waals surface area (Å²) in [6.07, 6.45) is 69.5. The van der Waals surface area contributed by atoms with Crippen LogP contribution in [0.4, 0.5) is 0 Å². The van der Waals surface area contributed by atoms with Crippen LogP contribution in [0.3, 0.4) is 0 Å². The lowest BCUT2D eigenvalue weighted by molar-refractivity contribution is -0.161. The van der Waals surface area contributed by atoms with Crippen LogP contribution in [0, 0.1) is 17.8 Å². The van der Waals surface area contributed by atoms with Crippen molar-refractivity contribution in [1.29, 1.82) is 0 Å². The Kier molecular flexibility index (Phi) is 76.6. The van der Waals surface area contributed by atoms with E-state index in [2.05, 4.69) is 48.5 Å². The summed E-state index contributed by atoms with van der Waals surface area (Å²) in [5.74, 6) is 0.239. The maximum absolute atomic E-state index is 13.2. The van der Waals surface area contributed by atoms with Gasteiger partial charge in [0.1, 0.15) is 19.3 Å². The van der Waals surface area contributed by atoms with Crippen molar-refractivity contribution in [1.82, 2.24) is 0 Å². The minimum Gasteiger partial charge on any atom is -0.462 e. The van der Waals surface area contributed by atoms with E-state index in [-0.39, 0.29) is 25.7 Å². The fraction of sp³-hybridized carbons (Fsp3) is 0.955.